The summed E-state index contributed by atoms with van der Waals surface area (Å²) in [5, 5.41) is 0. The molecule has 2 atom stereocenters. The van der Waals surface area contributed by atoms with Crippen LogP contribution in [0.5, 0.6) is 0 Å². The molecule has 9 heavy (non-hydrogen) atoms. The van der Waals surface area contributed by atoms with Gasteiger partial charge in [-0.15, -0.1) is 0 Å². The molecular formula is C8H18Si. The van der Waals surface area contributed by atoms with E-state index in [1.54, 1.807) is 12.1 Å². The van der Waals surface area contributed by atoms with E-state index < -0.39 is 8.07 Å². The summed E-state index contributed by atoms with van der Waals surface area (Å²) in [6.45, 7) is 9.86. The van der Waals surface area contributed by atoms with Gasteiger partial charge in [-0.25, -0.2) is 0 Å². The topological polar surface area (TPSA) is 0 Å². The second kappa shape index (κ2) is 2.12. The average Bonchev–Trinajstić information content (AvgIpc) is 1.79. The molecule has 1 heterocycles. The SMILES string of the molecule is C[C@H]1C[Si](C)(C)C[C@@H]1C. The molecule has 1 aliphatic rings. The molecule has 0 aromatic heterocycles. The summed E-state index contributed by atoms with van der Waals surface area (Å²) in [4.78, 5) is 0. The highest BCUT2D eigenvalue weighted by atomic mass is 28.3. The molecule has 1 rings (SSSR count). The van der Waals surface area contributed by atoms with E-state index >= 15 is 0 Å². The van der Waals surface area contributed by atoms with Crippen molar-refractivity contribution in [3.8, 4) is 0 Å². The first-order chi connectivity index (χ1) is 4.01. The Morgan fingerprint density at radius 2 is 1.33 bits per heavy atom. The van der Waals surface area contributed by atoms with Crippen LogP contribution in [-0.4, -0.2) is 8.07 Å². The Labute approximate surface area is 59.7 Å². The first-order valence-electron chi connectivity index (χ1n) is 4.01. The van der Waals surface area contributed by atoms with Crippen LogP contribution in [-0.2, 0) is 0 Å². The zero-order chi connectivity index (χ0) is 7.07. The van der Waals surface area contributed by atoms with Crippen molar-refractivity contribution < 1.29 is 0 Å². The molecule has 0 aromatic carbocycles. The largest absolute Gasteiger partial charge is 0.0693 e. The molecule has 0 spiro atoms. The monoisotopic (exact) mass is 142 g/mol. The van der Waals surface area contributed by atoms with Crippen molar-refractivity contribution in [1.29, 1.82) is 0 Å². The molecule has 0 aromatic rings. The molecule has 0 radical (unpaired) electrons. The van der Waals surface area contributed by atoms with E-state index in [2.05, 4.69) is 26.9 Å². The van der Waals surface area contributed by atoms with Gasteiger partial charge in [0.1, 0.15) is 0 Å². The van der Waals surface area contributed by atoms with Crippen LogP contribution in [0, 0.1) is 11.8 Å². The van der Waals surface area contributed by atoms with Crippen LogP contribution in [0.2, 0.25) is 25.2 Å². The van der Waals surface area contributed by atoms with Crippen LogP contribution in [0.3, 0.4) is 0 Å². The minimum Gasteiger partial charge on any atom is -0.0693 e. The standard InChI is InChI=1S/C8H18Si/c1-7-5-9(3,4)6-8(7)2/h7-8H,5-6H2,1-4H3/t7-,8-/m0/s1. The first-order valence-corrected chi connectivity index (χ1v) is 7.43. The molecule has 0 aliphatic carbocycles. The van der Waals surface area contributed by atoms with Gasteiger partial charge in [0, 0.05) is 8.07 Å². The van der Waals surface area contributed by atoms with Gasteiger partial charge in [-0.1, -0.05) is 39.0 Å². The van der Waals surface area contributed by atoms with E-state index in [0.29, 0.717) is 0 Å². The molecule has 0 bridgehead atoms. The molecule has 54 valence electrons. The van der Waals surface area contributed by atoms with Crippen molar-refractivity contribution >= 4 is 8.07 Å². The van der Waals surface area contributed by atoms with Crippen molar-refractivity contribution in [2.75, 3.05) is 0 Å². The molecule has 0 amide bonds. The van der Waals surface area contributed by atoms with Crippen molar-refractivity contribution in [2.45, 2.75) is 39.0 Å². The van der Waals surface area contributed by atoms with Gasteiger partial charge >= 0.3 is 0 Å². The lowest BCUT2D eigenvalue weighted by Crippen LogP contribution is -2.19. The van der Waals surface area contributed by atoms with Gasteiger partial charge in [-0.05, 0) is 11.8 Å². The summed E-state index contributed by atoms with van der Waals surface area (Å²) in [6.07, 6.45) is 0. The number of rotatable bonds is 0. The lowest BCUT2D eigenvalue weighted by Gasteiger charge is -2.12. The third kappa shape index (κ3) is 1.57. The van der Waals surface area contributed by atoms with Gasteiger partial charge < -0.3 is 0 Å². The van der Waals surface area contributed by atoms with Crippen LogP contribution in [0.1, 0.15) is 13.8 Å². The van der Waals surface area contributed by atoms with Crippen LogP contribution in [0.15, 0.2) is 0 Å². The molecule has 1 aliphatic heterocycles. The molecule has 1 heteroatoms. The van der Waals surface area contributed by atoms with Gasteiger partial charge in [0.2, 0.25) is 0 Å². The lowest BCUT2D eigenvalue weighted by atomic mass is 10.0. The Morgan fingerprint density at radius 3 is 1.44 bits per heavy atom. The summed E-state index contributed by atoms with van der Waals surface area (Å²) >= 11 is 0. The Balaban J connectivity index is 2.54. The third-order valence-electron chi connectivity index (χ3n) is 2.72. The van der Waals surface area contributed by atoms with Crippen molar-refractivity contribution in [2.24, 2.45) is 11.8 Å². The molecule has 0 saturated carbocycles. The van der Waals surface area contributed by atoms with E-state index in [1.165, 1.54) is 0 Å². The van der Waals surface area contributed by atoms with Crippen LogP contribution >= 0.6 is 0 Å². The molecular weight excluding hydrogens is 124 g/mol. The van der Waals surface area contributed by atoms with Gasteiger partial charge in [0.05, 0.1) is 0 Å². The van der Waals surface area contributed by atoms with E-state index in [9.17, 15) is 0 Å². The Bertz CT molecular complexity index is 95.1. The third-order valence-corrected chi connectivity index (χ3v) is 6.22. The van der Waals surface area contributed by atoms with Crippen molar-refractivity contribution in [3.63, 3.8) is 0 Å². The Hall–Kier alpha value is 0.217. The van der Waals surface area contributed by atoms with Crippen molar-refractivity contribution in [1.82, 2.24) is 0 Å². The lowest BCUT2D eigenvalue weighted by molar-refractivity contribution is 0.486. The fourth-order valence-electron chi connectivity index (χ4n) is 2.23. The predicted molar refractivity (Wildman–Crippen MR) is 45.4 cm³/mol. The van der Waals surface area contributed by atoms with E-state index in [1.807, 2.05) is 0 Å². The van der Waals surface area contributed by atoms with Crippen LogP contribution in [0.4, 0.5) is 0 Å². The maximum absolute atomic E-state index is 2.52. The number of hydrogen-bond acceptors (Lipinski definition) is 0. The molecule has 0 unspecified atom stereocenters. The minimum atomic E-state index is -0.666. The fourth-order valence-corrected chi connectivity index (χ4v) is 6.69. The van der Waals surface area contributed by atoms with E-state index in [-0.39, 0.29) is 0 Å². The first kappa shape index (κ1) is 7.33. The summed E-state index contributed by atoms with van der Waals surface area (Å²) in [6, 6.07) is 3.13. The summed E-state index contributed by atoms with van der Waals surface area (Å²) in [5.74, 6) is 2.04. The zero-order valence-electron chi connectivity index (χ0n) is 7.07. The van der Waals surface area contributed by atoms with E-state index in [0.717, 1.165) is 11.8 Å². The Morgan fingerprint density at radius 1 is 1.00 bits per heavy atom. The maximum atomic E-state index is 2.52. The highest BCUT2D eigenvalue weighted by Crippen LogP contribution is 2.38. The summed E-state index contributed by atoms with van der Waals surface area (Å²) in [5.41, 5.74) is 0. The summed E-state index contributed by atoms with van der Waals surface area (Å²) in [7, 11) is -0.666. The van der Waals surface area contributed by atoms with E-state index in [4.69, 9.17) is 0 Å². The highest BCUT2D eigenvalue weighted by Gasteiger charge is 2.35. The fraction of sp³-hybridized carbons (Fsp3) is 1.00. The van der Waals surface area contributed by atoms with Gasteiger partial charge in [0.25, 0.3) is 0 Å². The smallest absolute Gasteiger partial charge is 0.0479 e. The van der Waals surface area contributed by atoms with Gasteiger partial charge in [-0.3, -0.25) is 0 Å². The quantitative estimate of drug-likeness (QED) is 0.456. The second-order valence-corrected chi connectivity index (χ2v) is 9.67. The van der Waals surface area contributed by atoms with Crippen LogP contribution < -0.4 is 0 Å². The molecule has 0 N–H and O–H groups in total. The molecule has 0 nitrogen and oxygen atoms in total. The highest BCUT2D eigenvalue weighted by molar-refractivity contribution is 6.78. The normalized spacial score (nSPS) is 41.3. The molecule has 1 fully saturated rings. The zero-order valence-corrected chi connectivity index (χ0v) is 8.07. The minimum absolute atomic E-state index is 0.666. The van der Waals surface area contributed by atoms with Crippen LogP contribution in [0.25, 0.3) is 0 Å². The maximum Gasteiger partial charge on any atom is 0.0479 e. The predicted octanol–water partition coefficient (Wildman–Crippen LogP) is 2.98. The van der Waals surface area contributed by atoms with Crippen molar-refractivity contribution in [3.05, 3.63) is 0 Å². The van der Waals surface area contributed by atoms with Gasteiger partial charge in [0.15, 0.2) is 0 Å². The van der Waals surface area contributed by atoms with Gasteiger partial charge in [-0.2, -0.15) is 0 Å². The molecule has 1 saturated heterocycles. The average molecular weight is 142 g/mol. The second-order valence-electron chi connectivity index (χ2n) is 4.53. The number of hydrogen-bond donors (Lipinski definition) is 0. The summed E-state index contributed by atoms with van der Waals surface area (Å²) < 4.78 is 0. The Kier molecular flexibility index (Phi) is 1.72.